The van der Waals surface area contributed by atoms with Gasteiger partial charge in [0.05, 0.1) is 12.2 Å². The number of nitrogens with zero attached hydrogens (tertiary/aromatic N) is 4. The Morgan fingerprint density at radius 3 is 2.27 bits per heavy atom. The molecule has 9 heteroatoms. The van der Waals surface area contributed by atoms with Crippen LogP contribution in [0.5, 0.6) is 0 Å². The molecular weight excluding hydrogens is 475 g/mol. The van der Waals surface area contributed by atoms with Gasteiger partial charge in [0, 0.05) is 87.5 Å². The number of carbonyl (C=O) groups is 2. The Labute approximate surface area is 215 Å². The minimum atomic E-state index is -0.529. The number of β-amino-alcohol motifs (C(OH)–C–C–N with tert-alkyl or cyclic N) is 1. The van der Waals surface area contributed by atoms with Crippen LogP contribution >= 0.6 is 0 Å². The maximum Gasteiger partial charge on any atom is 0.256 e. The maximum absolute atomic E-state index is 14.3. The zero-order valence-corrected chi connectivity index (χ0v) is 20.9. The number of piperazine rings is 1. The Bertz CT molecular complexity index is 1280. The van der Waals surface area contributed by atoms with Crippen molar-refractivity contribution < 1.29 is 24.2 Å². The lowest BCUT2D eigenvalue weighted by Gasteiger charge is -2.36. The van der Waals surface area contributed by atoms with Gasteiger partial charge in [0.15, 0.2) is 5.78 Å². The molecule has 0 aliphatic carbocycles. The number of aliphatic hydroxyl groups is 2. The maximum atomic E-state index is 14.3. The fourth-order valence-corrected chi connectivity index (χ4v) is 5.48. The summed E-state index contributed by atoms with van der Waals surface area (Å²) in [6.07, 6.45) is 0.683. The Hall–Kier alpha value is -3.11. The van der Waals surface area contributed by atoms with Gasteiger partial charge in [-0.15, -0.1) is 0 Å². The van der Waals surface area contributed by atoms with Gasteiger partial charge in [0.1, 0.15) is 12.4 Å². The SMILES string of the molecule is O=C(CO)c1ccc(Cn2c3c(c4cc(F)ccc42)C(=O)N(CCN2CCN(CCO)CC2)CC3)cc1. The van der Waals surface area contributed by atoms with Crippen molar-refractivity contribution in [1.29, 1.82) is 0 Å². The highest BCUT2D eigenvalue weighted by atomic mass is 19.1. The molecule has 2 aromatic carbocycles. The smallest absolute Gasteiger partial charge is 0.256 e. The van der Waals surface area contributed by atoms with E-state index in [1.54, 1.807) is 18.2 Å². The van der Waals surface area contributed by atoms with Crippen molar-refractivity contribution in [3.63, 3.8) is 0 Å². The second-order valence-electron chi connectivity index (χ2n) is 9.80. The Morgan fingerprint density at radius 1 is 0.892 bits per heavy atom. The molecule has 196 valence electrons. The first kappa shape index (κ1) is 25.5. The van der Waals surface area contributed by atoms with Crippen molar-refractivity contribution in [3.8, 4) is 0 Å². The van der Waals surface area contributed by atoms with Crippen molar-refractivity contribution in [2.45, 2.75) is 13.0 Å². The number of benzene rings is 2. The normalized spacial score (nSPS) is 16.9. The van der Waals surface area contributed by atoms with Crippen LogP contribution in [0.4, 0.5) is 4.39 Å². The van der Waals surface area contributed by atoms with E-state index in [0.717, 1.165) is 49.5 Å². The van der Waals surface area contributed by atoms with Crippen LogP contribution in [0.25, 0.3) is 10.9 Å². The first-order chi connectivity index (χ1) is 18.0. The molecule has 0 bridgehead atoms. The van der Waals surface area contributed by atoms with Crippen LogP contribution in [0.3, 0.4) is 0 Å². The minimum absolute atomic E-state index is 0.0570. The number of halogens is 1. The summed E-state index contributed by atoms with van der Waals surface area (Å²) in [5.74, 6) is -0.757. The molecule has 37 heavy (non-hydrogen) atoms. The van der Waals surface area contributed by atoms with Gasteiger partial charge in [-0.05, 0) is 23.8 Å². The van der Waals surface area contributed by atoms with Crippen molar-refractivity contribution >= 4 is 22.6 Å². The van der Waals surface area contributed by atoms with Crippen molar-refractivity contribution in [1.82, 2.24) is 19.3 Å². The summed E-state index contributed by atoms with van der Waals surface area (Å²) < 4.78 is 16.4. The molecule has 3 aromatic rings. The van der Waals surface area contributed by atoms with Gasteiger partial charge >= 0.3 is 0 Å². The molecule has 0 atom stereocenters. The standard InChI is InChI=1S/C28H33FN4O4/c29-22-5-6-24-23(17-22)27-25(33(24)18-20-1-3-21(4-2-20)26(36)19-35)7-8-32(28(27)37)14-13-30-9-11-31(12-10-30)15-16-34/h1-6,17,34-35H,7-16,18-19H2. The summed E-state index contributed by atoms with van der Waals surface area (Å²) >= 11 is 0. The van der Waals surface area contributed by atoms with Crippen LogP contribution in [-0.2, 0) is 13.0 Å². The molecule has 1 aromatic heterocycles. The summed E-state index contributed by atoms with van der Waals surface area (Å²) in [6.45, 7) is 6.54. The Morgan fingerprint density at radius 2 is 1.59 bits per heavy atom. The number of fused-ring (bicyclic) bond motifs is 3. The summed E-state index contributed by atoms with van der Waals surface area (Å²) in [6, 6.07) is 11.7. The largest absolute Gasteiger partial charge is 0.395 e. The third-order valence-electron chi connectivity index (χ3n) is 7.58. The molecule has 0 saturated carbocycles. The zero-order valence-electron chi connectivity index (χ0n) is 20.9. The molecule has 2 aliphatic heterocycles. The Balaban J connectivity index is 1.35. The second kappa shape index (κ2) is 11.1. The molecule has 5 rings (SSSR count). The average Bonchev–Trinajstić information content (AvgIpc) is 3.22. The van der Waals surface area contributed by atoms with Crippen LogP contribution in [0.1, 0.15) is 32.0 Å². The number of rotatable bonds is 9. The predicted molar refractivity (Wildman–Crippen MR) is 138 cm³/mol. The molecule has 1 saturated heterocycles. The molecule has 3 heterocycles. The third kappa shape index (κ3) is 5.31. The van der Waals surface area contributed by atoms with Gasteiger partial charge in [0.2, 0.25) is 0 Å². The zero-order chi connectivity index (χ0) is 25.9. The molecule has 2 N–H and O–H groups in total. The molecule has 8 nitrogen and oxygen atoms in total. The van der Waals surface area contributed by atoms with E-state index in [0.29, 0.717) is 49.1 Å². The molecule has 0 spiro atoms. The predicted octanol–water partition coefficient (Wildman–Crippen LogP) is 1.61. The summed E-state index contributed by atoms with van der Waals surface area (Å²) in [7, 11) is 0. The van der Waals surface area contributed by atoms with E-state index >= 15 is 0 Å². The van der Waals surface area contributed by atoms with Crippen LogP contribution in [0, 0.1) is 5.82 Å². The fourth-order valence-electron chi connectivity index (χ4n) is 5.48. The number of ketones is 1. The monoisotopic (exact) mass is 508 g/mol. The summed E-state index contributed by atoms with van der Waals surface area (Å²) in [4.78, 5) is 31.9. The fraction of sp³-hybridized carbons (Fsp3) is 0.429. The lowest BCUT2D eigenvalue weighted by atomic mass is 10.0. The molecule has 1 fully saturated rings. The second-order valence-corrected chi connectivity index (χ2v) is 9.80. The highest BCUT2D eigenvalue weighted by Gasteiger charge is 2.31. The number of hydrogen-bond donors (Lipinski definition) is 2. The number of amides is 1. The van der Waals surface area contributed by atoms with Gasteiger partial charge < -0.3 is 19.7 Å². The average molecular weight is 509 g/mol. The lowest BCUT2D eigenvalue weighted by Crippen LogP contribution is -2.50. The third-order valence-corrected chi connectivity index (χ3v) is 7.58. The van der Waals surface area contributed by atoms with E-state index in [1.165, 1.54) is 12.1 Å². The van der Waals surface area contributed by atoms with E-state index in [4.69, 9.17) is 10.2 Å². The number of aliphatic hydroxyl groups excluding tert-OH is 2. The van der Waals surface area contributed by atoms with Crippen LogP contribution in [0.2, 0.25) is 0 Å². The van der Waals surface area contributed by atoms with Crippen molar-refractivity contribution in [2.75, 3.05) is 65.6 Å². The van der Waals surface area contributed by atoms with E-state index in [1.807, 2.05) is 17.0 Å². The highest BCUT2D eigenvalue weighted by Crippen LogP contribution is 2.32. The number of aromatic nitrogens is 1. The topological polar surface area (TPSA) is 89.2 Å². The van der Waals surface area contributed by atoms with Crippen LogP contribution in [0.15, 0.2) is 42.5 Å². The number of hydrogen-bond acceptors (Lipinski definition) is 6. The highest BCUT2D eigenvalue weighted by molar-refractivity contribution is 6.09. The van der Waals surface area contributed by atoms with Gasteiger partial charge in [-0.25, -0.2) is 4.39 Å². The molecule has 0 radical (unpaired) electrons. The van der Waals surface area contributed by atoms with Gasteiger partial charge in [-0.3, -0.25) is 19.4 Å². The van der Waals surface area contributed by atoms with Crippen LogP contribution < -0.4 is 0 Å². The van der Waals surface area contributed by atoms with E-state index in [9.17, 15) is 14.0 Å². The first-order valence-corrected chi connectivity index (χ1v) is 12.9. The molecule has 2 aliphatic rings. The van der Waals surface area contributed by atoms with E-state index in [2.05, 4.69) is 14.4 Å². The summed E-state index contributed by atoms with van der Waals surface area (Å²) in [5, 5.41) is 18.9. The van der Waals surface area contributed by atoms with Crippen molar-refractivity contribution in [3.05, 3.63) is 70.7 Å². The minimum Gasteiger partial charge on any atom is -0.395 e. The Kier molecular flexibility index (Phi) is 7.66. The summed E-state index contributed by atoms with van der Waals surface area (Å²) in [5.41, 5.74) is 3.72. The van der Waals surface area contributed by atoms with E-state index in [-0.39, 0.29) is 24.1 Å². The lowest BCUT2D eigenvalue weighted by molar-refractivity contribution is 0.0679. The molecule has 0 unspecified atom stereocenters. The number of Topliss-reactive ketones (excluding diaryl/α,β-unsaturated/α-hetero) is 1. The van der Waals surface area contributed by atoms with Gasteiger partial charge in [0.25, 0.3) is 5.91 Å². The van der Waals surface area contributed by atoms with Crippen molar-refractivity contribution in [2.24, 2.45) is 0 Å². The van der Waals surface area contributed by atoms with Gasteiger partial charge in [-0.1, -0.05) is 24.3 Å². The first-order valence-electron chi connectivity index (χ1n) is 12.9. The molecular formula is C28H33FN4O4. The van der Waals surface area contributed by atoms with E-state index < -0.39 is 6.61 Å². The number of carbonyl (C=O) groups excluding carboxylic acids is 2. The quantitative estimate of drug-likeness (QED) is 0.427. The van der Waals surface area contributed by atoms with Gasteiger partial charge in [-0.2, -0.15) is 0 Å². The van der Waals surface area contributed by atoms with Crippen LogP contribution in [-0.4, -0.2) is 107 Å². The molecule has 1 amide bonds.